The van der Waals surface area contributed by atoms with Crippen molar-refractivity contribution in [3.63, 3.8) is 0 Å². The molecule has 0 saturated heterocycles. The summed E-state index contributed by atoms with van der Waals surface area (Å²) < 4.78 is 5.49. The van der Waals surface area contributed by atoms with Crippen LogP contribution in [0.5, 0.6) is 0 Å². The minimum atomic E-state index is 0.743. The van der Waals surface area contributed by atoms with Crippen LogP contribution in [0.3, 0.4) is 0 Å². The van der Waals surface area contributed by atoms with Crippen LogP contribution in [0.15, 0.2) is 18.5 Å². The molecule has 2 N–H and O–H groups in total. The van der Waals surface area contributed by atoms with Gasteiger partial charge in [0, 0.05) is 19.7 Å². The molecule has 18 heavy (non-hydrogen) atoms. The molecule has 4 heteroatoms. The van der Waals surface area contributed by atoms with Crippen molar-refractivity contribution in [2.45, 2.75) is 33.1 Å². The minimum Gasteiger partial charge on any atom is -0.384 e. The highest BCUT2D eigenvalue weighted by atomic mass is 16.5. The van der Waals surface area contributed by atoms with Crippen LogP contribution < -0.4 is 10.6 Å². The van der Waals surface area contributed by atoms with Crippen LogP contribution in [-0.2, 0) is 4.74 Å². The van der Waals surface area contributed by atoms with Gasteiger partial charge in [0.25, 0.3) is 0 Å². The lowest BCUT2D eigenvalue weighted by Gasteiger charge is -2.09. The lowest BCUT2D eigenvalue weighted by Crippen LogP contribution is -2.10. The number of rotatable bonds is 10. The number of hydrogen-bond donors (Lipinski definition) is 2. The van der Waals surface area contributed by atoms with Gasteiger partial charge in [-0.25, -0.2) is 0 Å². The van der Waals surface area contributed by atoms with Crippen molar-refractivity contribution in [1.82, 2.24) is 4.98 Å². The maximum atomic E-state index is 5.49. The SMILES string of the molecule is CCCCOCCNc1cncc(NCCC)c1. The first-order valence-electron chi connectivity index (χ1n) is 6.87. The molecule has 0 amide bonds. The van der Waals surface area contributed by atoms with Crippen molar-refractivity contribution in [1.29, 1.82) is 0 Å². The fraction of sp³-hybridized carbons (Fsp3) is 0.643. The highest BCUT2D eigenvalue weighted by molar-refractivity contribution is 5.53. The molecule has 0 spiro atoms. The number of anilines is 2. The lowest BCUT2D eigenvalue weighted by molar-refractivity contribution is 0.141. The quantitative estimate of drug-likeness (QED) is 0.627. The summed E-state index contributed by atoms with van der Waals surface area (Å²) in [5.41, 5.74) is 2.10. The summed E-state index contributed by atoms with van der Waals surface area (Å²) in [6.45, 7) is 7.72. The smallest absolute Gasteiger partial charge is 0.0639 e. The molecule has 0 aliphatic rings. The van der Waals surface area contributed by atoms with Crippen molar-refractivity contribution < 1.29 is 4.74 Å². The molecule has 0 unspecified atom stereocenters. The monoisotopic (exact) mass is 251 g/mol. The van der Waals surface area contributed by atoms with Gasteiger partial charge in [-0.05, 0) is 18.9 Å². The highest BCUT2D eigenvalue weighted by Gasteiger charge is 1.95. The van der Waals surface area contributed by atoms with Crippen LogP contribution in [0.4, 0.5) is 11.4 Å². The van der Waals surface area contributed by atoms with Crippen LogP contribution >= 0.6 is 0 Å². The molecule has 0 atom stereocenters. The van der Waals surface area contributed by atoms with E-state index in [0.717, 1.165) is 50.5 Å². The van der Waals surface area contributed by atoms with E-state index < -0.39 is 0 Å². The molecule has 0 radical (unpaired) electrons. The first kappa shape index (κ1) is 14.8. The third kappa shape index (κ3) is 6.45. The first-order valence-corrected chi connectivity index (χ1v) is 6.87. The number of aromatic nitrogens is 1. The van der Waals surface area contributed by atoms with Crippen molar-refractivity contribution in [2.75, 3.05) is 36.9 Å². The largest absolute Gasteiger partial charge is 0.384 e. The average molecular weight is 251 g/mol. The molecular weight excluding hydrogens is 226 g/mol. The van der Waals surface area contributed by atoms with Gasteiger partial charge in [-0.1, -0.05) is 20.3 Å². The molecule has 0 aromatic carbocycles. The molecule has 1 rings (SSSR count). The zero-order valence-corrected chi connectivity index (χ0v) is 11.5. The van der Waals surface area contributed by atoms with Gasteiger partial charge in [-0.2, -0.15) is 0 Å². The first-order chi connectivity index (χ1) is 8.86. The summed E-state index contributed by atoms with van der Waals surface area (Å²) in [5.74, 6) is 0. The summed E-state index contributed by atoms with van der Waals surface area (Å²) in [6, 6.07) is 2.08. The maximum absolute atomic E-state index is 5.49. The van der Waals surface area contributed by atoms with Gasteiger partial charge in [0.1, 0.15) is 0 Å². The molecule has 0 bridgehead atoms. The van der Waals surface area contributed by atoms with Crippen molar-refractivity contribution >= 4 is 11.4 Å². The second-order valence-corrected chi connectivity index (χ2v) is 4.28. The molecule has 0 fully saturated rings. The van der Waals surface area contributed by atoms with Gasteiger partial charge in [0.05, 0.1) is 30.4 Å². The van der Waals surface area contributed by atoms with E-state index in [1.54, 1.807) is 0 Å². The molecule has 1 aromatic rings. The van der Waals surface area contributed by atoms with Gasteiger partial charge in [-0.3, -0.25) is 4.98 Å². The van der Waals surface area contributed by atoms with E-state index in [1.807, 2.05) is 12.4 Å². The molecule has 0 aliphatic heterocycles. The Morgan fingerprint density at radius 3 is 2.39 bits per heavy atom. The number of pyridine rings is 1. The zero-order chi connectivity index (χ0) is 13.1. The van der Waals surface area contributed by atoms with E-state index in [2.05, 4.69) is 35.5 Å². The number of nitrogens with zero attached hydrogens (tertiary/aromatic N) is 1. The molecule has 102 valence electrons. The lowest BCUT2D eigenvalue weighted by atomic mass is 10.3. The van der Waals surface area contributed by atoms with E-state index >= 15 is 0 Å². The van der Waals surface area contributed by atoms with Crippen molar-refractivity contribution in [3.8, 4) is 0 Å². The Hall–Kier alpha value is -1.29. The van der Waals surface area contributed by atoms with Gasteiger partial charge in [0.2, 0.25) is 0 Å². The fourth-order valence-corrected chi connectivity index (χ4v) is 1.52. The van der Waals surface area contributed by atoms with Gasteiger partial charge in [0.15, 0.2) is 0 Å². The van der Waals surface area contributed by atoms with Crippen LogP contribution in [0.1, 0.15) is 33.1 Å². The summed E-state index contributed by atoms with van der Waals surface area (Å²) in [6.07, 6.45) is 7.12. The standard InChI is InChI=1S/C14H25N3O/c1-3-5-8-18-9-7-17-14-10-13(11-15-12-14)16-6-4-2/h10-12,16-17H,3-9H2,1-2H3. The Bertz CT molecular complexity index is 318. The normalized spacial score (nSPS) is 10.3. The van der Waals surface area contributed by atoms with E-state index in [1.165, 1.54) is 6.42 Å². The molecule has 1 aromatic heterocycles. The van der Waals surface area contributed by atoms with Crippen LogP contribution in [-0.4, -0.2) is 31.3 Å². The average Bonchev–Trinajstić information content (AvgIpc) is 2.41. The second kappa shape index (κ2) is 9.71. The predicted octanol–water partition coefficient (Wildman–Crippen LogP) is 3.13. The third-order valence-corrected chi connectivity index (χ3v) is 2.54. The van der Waals surface area contributed by atoms with E-state index in [-0.39, 0.29) is 0 Å². The Balaban J connectivity index is 2.20. The third-order valence-electron chi connectivity index (χ3n) is 2.54. The molecule has 1 heterocycles. The Morgan fingerprint density at radius 2 is 1.72 bits per heavy atom. The molecule has 0 aliphatic carbocycles. The molecule has 0 saturated carbocycles. The van der Waals surface area contributed by atoms with Crippen LogP contribution in [0, 0.1) is 0 Å². The summed E-state index contributed by atoms with van der Waals surface area (Å²) in [5, 5.41) is 6.63. The second-order valence-electron chi connectivity index (χ2n) is 4.28. The molecule has 4 nitrogen and oxygen atoms in total. The number of unbranched alkanes of at least 4 members (excludes halogenated alkanes) is 1. The Kier molecular flexibility index (Phi) is 7.97. The topological polar surface area (TPSA) is 46.2 Å². The minimum absolute atomic E-state index is 0.743. The van der Waals surface area contributed by atoms with Gasteiger partial charge >= 0.3 is 0 Å². The summed E-state index contributed by atoms with van der Waals surface area (Å²) >= 11 is 0. The maximum Gasteiger partial charge on any atom is 0.0639 e. The van der Waals surface area contributed by atoms with E-state index in [9.17, 15) is 0 Å². The van der Waals surface area contributed by atoms with Crippen molar-refractivity contribution in [2.24, 2.45) is 0 Å². The highest BCUT2D eigenvalue weighted by Crippen LogP contribution is 2.12. The van der Waals surface area contributed by atoms with Gasteiger partial charge in [-0.15, -0.1) is 0 Å². The number of hydrogen-bond acceptors (Lipinski definition) is 4. The van der Waals surface area contributed by atoms with Crippen LogP contribution in [0.25, 0.3) is 0 Å². The van der Waals surface area contributed by atoms with E-state index in [4.69, 9.17) is 4.74 Å². The Labute approximate surface area is 110 Å². The van der Waals surface area contributed by atoms with Crippen LogP contribution in [0.2, 0.25) is 0 Å². The number of ether oxygens (including phenoxy) is 1. The van der Waals surface area contributed by atoms with Gasteiger partial charge < -0.3 is 15.4 Å². The van der Waals surface area contributed by atoms with E-state index in [0.29, 0.717) is 0 Å². The Morgan fingerprint density at radius 1 is 1.00 bits per heavy atom. The zero-order valence-electron chi connectivity index (χ0n) is 11.5. The fourth-order valence-electron chi connectivity index (χ4n) is 1.52. The number of nitrogens with one attached hydrogen (secondary N) is 2. The summed E-state index contributed by atoms with van der Waals surface area (Å²) in [4.78, 5) is 4.20. The molecular formula is C14H25N3O. The summed E-state index contributed by atoms with van der Waals surface area (Å²) in [7, 11) is 0. The van der Waals surface area contributed by atoms with Crippen molar-refractivity contribution in [3.05, 3.63) is 18.5 Å². The predicted molar refractivity (Wildman–Crippen MR) is 77.2 cm³/mol.